The third kappa shape index (κ3) is 4.96. The molecule has 0 aromatic carbocycles. The molecule has 0 amide bonds. The normalized spacial score (nSPS) is 26.3. The first-order chi connectivity index (χ1) is 9.50. The Morgan fingerprint density at radius 1 is 1.43 bits per heavy atom. The number of likely N-dealkylation sites (tertiary alicyclic amines) is 1. The number of aliphatic imine (C=N–C) groups is 1. The maximum Gasteiger partial charge on any atom is 0.194 e. The first kappa shape index (κ1) is 19.0. The second kappa shape index (κ2) is 7.97. The average molecular weight is 411 g/mol. The highest BCUT2D eigenvalue weighted by Gasteiger charge is 2.42. The van der Waals surface area contributed by atoms with E-state index in [0.29, 0.717) is 12.0 Å². The number of halogens is 1. The van der Waals surface area contributed by atoms with Crippen LogP contribution in [0.2, 0.25) is 0 Å². The molecule has 2 saturated heterocycles. The zero-order valence-corrected chi connectivity index (χ0v) is 16.1. The second-order valence-corrected chi connectivity index (χ2v) is 6.61. The summed E-state index contributed by atoms with van der Waals surface area (Å²) in [5.41, 5.74) is 0.154. The van der Waals surface area contributed by atoms with Crippen LogP contribution in [0.25, 0.3) is 0 Å². The first-order valence-corrected chi connectivity index (χ1v) is 7.66. The minimum Gasteiger partial charge on any atom is -0.381 e. The predicted octanol–water partition coefficient (Wildman–Crippen LogP) is 2.11. The minimum atomic E-state index is -0.214. The molecule has 1 spiro atoms. The van der Waals surface area contributed by atoms with Crippen molar-refractivity contribution in [3.8, 4) is 0 Å². The summed E-state index contributed by atoms with van der Waals surface area (Å²) in [4.78, 5) is 7.14. The average Bonchev–Trinajstić information content (AvgIpc) is 3.06. The van der Waals surface area contributed by atoms with E-state index in [1.54, 1.807) is 7.11 Å². The maximum atomic E-state index is 5.59. The van der Waals surface area contributed by atoms with Crippen LogP contribution in [0.3, 0.4) is 0 Å². The zero-order chi connectivity index (χ0) is 14.6. The molecule has 2 rings (SSSR count). The van der Waals surface area contributed by atoms with Gasteiger partial charge in [-0.25, -0.2) is 0 Å². The summed E-state index contributed by atoms with van der Waals surface area (Å²) in [6, 6.07) is 0. The van der Waals surface area contributed by atoms with Crippen molar-refractivity contribution in [2.45, 2.75) is 39.2 Å². The SMILES string of the molecule is CCNC(=NCC(C)(C)OC)N1CCC2(CCOC2)C1.I. The van der Waals surface area contributed by atoms with Crippen molar-refractivity contribution >= 4 is 29.9 Å². The fraction of sp³-hybridized carbons (Fsp3) is 0.933. The second-order valence-electron chi connectivity index (χ2n) is 6.61. The molecule has 0 radical (unpaired) electrons. The van der Waals surface area contributed by atoms with Crippen LogP contribution in [0.1, 0.15) is 33.6 Å². The van der Waals surface area contributed by atoms with Gasteiger partial charge in [0.15, 0.2) is 5.96 Å². The minimum absolute atomic E-state index is 0. The molecular formula is C15H30IN3O2. The molecule has 124 valence electrons. The van der Waals surface area contributed by atoms with Gasteiger partial charge in [-0.15, -0.1) is 24.0 Å². The van der Waals surface area contributed by atoms with Gasteiger partial charge in [-0.3, -0.25) is 4.99 Å². The molecule has 2 fully saturated rings. The highest BCUT2D eigenvalue weighted by molar-refractivity contribution is 14.0. The van der Waals surface area contributed by atoms with E-state index in [-0.39, 0.29) is 29.6 Å². The summed E-state index contributed by atoms with van der Waals surface area (Å²) in [6.07, 6.45) is 2.40. The molecule has 1 unspecified atom stereocenters. The number of nitrogens with zero attached hydrogens (tertiary/aromatic N) is 2. The Labute approximate surface area is 145 Å². The van der Waals surface area contributed by atoms with Crippen LogP contribution < -0.4 is 5.32 Å². The van der Waals surface area contributed by atoms with Crippen LogP contribution >= 0.6 is 24.0 Å². The molecule has 2 heterocycles. The van der Waals surface area contributed by atoms with Crippen LogP contribution in [-0.2, 0) is 9.47 Å². The van der Waals surface area contributed by atoms with Crippen LogP contribution in [0.4, 0.5) is 0 Å². The van der Waals surface area contributed by atoms with Crippen LogP contribution in [0, 0.1) is 5.41 Å². The van der Waals surface area contributed by atoms with Gasteiger partial charge in [-0.05, 0) is 33.6 Å². The van der Waals surface area contributed by atoms with E-state index in [2.05, 4.69) is 31.0 Å². The van der Waals surface area contributed by atoms with Crippen molar-refractivity contribution in [2.24, 2.45) is 10.4 Å². The fourth-order valence-corrected chi connectivity index (χ4v) is 2.84. The molecule has 6 heteroatoms. The van der Waals surface area contributed by atoms with E-state index in [4.69, 9.17) is 14.5 Å². The van der Waals surface area contributed by atoms with Gasteiger partial charge in [-0.2, -0.15) is 0 Å². The third-order valence-corrected chi connectivity index (χ3v) is 4.42. The number of rotatable bonds is 4. The lowest BCUT2D eigenvalue weighted by Gasteiger charge is -2.26. The molecule has 1 atom stereocenters. The topological polar surface area (TPSA) is 46.1 Å². The van der Waals surface area contributed by atoms with Gasteiger partial charge >= 0.3 is 0 Å². The smallest absolute Gasteiger partial charge is 0.194 e. The summed E-state index contributed by atoms with van der Waals surface area (Å²) >= 11 is 0. The van der Waals surface area contributed by atoms with Gasteiger partial charge in [0.1, 0.15) is 0 Å². The summed E-state index contributed by atoms with van der Waals surface area (Å²) in [7, 11) is 1.74. The van der Waals surface area contributed by atoms with Crippen molar-refractivity contribution in [2.75, 3.05) is 46.5 Å². The van der Waals surface area contributed by atoms with Crippen LogP contribution in [0.15, 0.2) is 4.99 Å². The lowest BCUT2D eigenvalue weighted by atomic mass is 9.87. The molecule has 1 N–H and O–H groups in total. The highest BCUT2D eigenvalue weighted by atomic mass is 127. The van der Waals surface area contributed by atoms with E-state index < -0.39 is 0 Å². The lowest BCUT2D eigenvalue weighted by molar-refractivity contribution is 0.0309. The van der Waals surface area contributed by atoms with Gasteiger partial charge in [0.05, 0.1) is 18.8 Å². The Kier molecular flexibility index (Phi) is 7.19. The monoisotopic (exact) mass is 411 g/mol. The van der Waals surface area contributed by atoms with Gasteiger partial charge in [0.2, 0.25) is 0 Å². The van der Waals surface area contributed by atoms with Crippen LogP contribution in [0.5, 0.6) is 0 Å². The predicted molar refractivity (Wildman–Crippen MR) is 96.5 cm³/mol. The summed E-state index contributed by atoms with van der Waals surface area (Å²) in [5, 5.41) is 3.41. The number of methoxy groups -OCH3 is 1. The van der Waals surface area contributed by atoms with E-state index in [9.17, 15) is 0 Å². The van der Waals surface area contributed by atoms with Crippen molar-refractivity contribution in [3.05, 3.63) is 0 Å². The van der Waals surface area contributed by atoms with E-state index in [1.807, 2.05) is 0 Å². The van der Waals surface area contributed by atoms with Gasteiger partial charge in [0, 0.05) is 38.8 Å². The Bertz CT molecular complexity index is 355. The van der Waals surface area contributed by atoms with Crippen molar-refractivity contribution < 1.29 is 9.47 Å². The number of guanidine groups is 1. The first-order valence-electron chi connectivity index (χ1n) is 7.66. The molecule has 0 aliphatic carbocycles. The van der Waals surface area contributed by atoms with Gasteiger partial charge in [-0.1, -0.05) is 0 Å². The third-order valence-electron chi connectivity index (χ3n) is 4.42. The molecule has 5 nitrogen and oxygen atoms in total. The summed E-state index contributed by atoms with van der Waals surface area (Å²) in [5.74, 6) is 1.02. The maximum absolute atomic E-state index is 5.59. The Morgan fingerprint density at radius 3 is 2.76 bits per heavy atom. The molecule has 2 aliphatic rings. The quantitative estimate of drug-likeness (QED) is 0.437. The Morgan fingerprint density at radius 2 is 2.19 bits per heavy atom. The van der Waals surface area contributed by atoms with Gasteiger partial charge < -0.3 is 19.7 Å². The van der Waals surface area contributed by atoms with Gasteiger partial charge in [0.25, 0.3) is 0 Å². The van der Waals surface area contributed by atoms with Crippen molar-refractivity contribution in [1.29, 1.82) is 0 Å². The molecule has 2 aliphatic heterocycles. The van der Waals surface area contributed by atoms with E-state index in [1.165, 1.54) is 12.8 Å². The highest BCUT2D eigenvalue weighted by Crippen LogP contribution is 2.38. The molecule has 0 bridgehead atoms. The van der Waals surface area contributed by atoms with Crippen molar-refractivity contribution in [3.63, 3.8) is 0 Å². The molecule has 0 aromatic heterocycles. The Balaban J connectivity index is 0.00000220. The summed E-state index contributed by atoms with van der Waals surface area (Å²) in [6.45, 7) is 11.8. The molecule has 0 saturated carbocycles. The number of ether oxygens (including phenoxy) is 2. The fourth-order valence-electron chi connectivity index (χ4n) is 2.84. The standard InChI is InChI=1S/C15H29N3O2.HI/c1-5-16-13(17-10-14(2,3)19-4)18-8-6-15(11-18)7-9-20-12-15;/h5-12H2,1-4H3,(H,16,17);1H. The number of hydrogen-bond acceptors (Lipinski definition) is 3. The van der Waals surface area contributed by atoms with Crippen LogP contribution in [-0.4, -0.2) is 63.0 Å². The van der Waals surface area contributed by atoms with E-state index in [0.717, 1.165) is 38.8 Å². The number of nitrogens with one attached hydrogen (secondary N) is 1. The molecule has 0 aromatic rings. The molecule has 21 heavy (non-hydrogen) atoms. The molecular weight excluding hydrogens is 381 g/mol. The van der Waals surface area contributed by atoms with Crippen molar-refractivity contribution in [1.82, 2.24) is 10.2 Å². The largest absolute Gasteiger partial charge is 0.381 e. The van der Waals surface area contributed by atoms with E-state index >= 15 is 0 Å². The lowest BCUT2D eigenvalue weighted by Crippen LogP contribution is -2.42. The number of hydrogen-bond donors (Lipinski definition) is 1. The summed E-state index contributed by atoms with van der Waals surface area (Å²) < 4.78 is 11.0. The zero-order valence-electron chi connectivity index (χ0n) is 13.8. The Hall–Kier alpha value is -0.0800.